The maximum Gasteiger partial charge on any atom is 0.405 e. The van der Waals surface area contributed by atoms with Gasteiger partial charge in [0, 0.05) is 28.7 Å². The number of hydrogen-bond acceptors (Lipinski definition) is 5. The molecule has 0 bridgehead atoms. The van der Waals surface area contributed by atoms with Crippen LogP contribution in [0, 0.1) is 0 Å². The molecular formula is C21H19F3N6O. The minimum absolute atomic E-state index is 0.341. The lowest BCUT2D eigenvalue weighted by Crippen LogP contribution is -2.50. The Hall–Kier alpha value is -3.69. The number of carbonyl (C=O) groups excluding carboxylic acids is 1. The van der Waals surface area contributed by atoms with Crippen molar-refractivity contribution in [2.24, 2.45) is 0 Å². The van der Waals surface area contributed by atoms with Gasteiger partial charge in [0.25, 0.3) is 0 Å². The Bertz CT molecular complexity index is 1260. The van der Waals surface area contributed by atoms with Crippen LogP contribution in [0.1, 0.15) is 13.8 Å². The quantitative estimate of drug-likeness (QED) is 0.446. The van der Waals surface area contributed by atoms with Gasteiger partial charge in [-0.25, -0.2) is 15.0 Å². The van der Waals surface area contributed by atoms with Crippen molar-refractivity contribution in [3.05, 3.63) is 48.8 Å². The number of pyridine rings is 1. The number of carbonyl (C=O) groups is 1. The summed E-state index contributed by atoms with van der Waals surface area (Å²) in [4.78, 5) is 29.0. The van der Waals surface area contributed by atoms with Crippen LogP contribution < -0.4 is 10.6 Å². The number of H-pyrrole nitrogens is 1. The highest BCUT2D eigenvalue weighted by atomic mass is 19.4. The van der Waals surface area contributed by atoms with Crippen LogP contribution in [0.3, 0.4) is 0 Å². The van der Waals surface area contributed by atoms with E-state index in [1.54, 1.807) is 36.7 Å². The summed E-state index contributed by atoms with van der Waals surface area (Å²) in [6.07, 6.45) is -1.10. The van der Waals surface area contributed by atoms with Crippen molar-refractivity contribution in [3.8, 4) is 11.4 Å². The zero-order valence-electron chi connectivity index (χ0n) is 16.7. The van der Waals surface area contributed by atoms with E-state index in [2.05, 4.69) is 25.3 Å². The van der Waals surface area contributed by atoms with E-state index >= 15 is 0 Å². The van der Waals surface area contributed by atoms with Crippen LogP contribution in [0.4, 0.5) is 19.0 Å². The number of para-hydroxylation sites is 1. The molecule has 4 aromatic rings. The van der Waals surface area contributed by atoms with Crippen molar-refractivity contribution in [2.75, 3.05) is 11.9 Å². The van der Waals surface area contributed by atoms with Crippen molar-refractivity contribution in [2.45, 2.75) is 25.6 Å². The predicted molar refractivity (Wildman–Crippen MR) is 111 cm³/mol. The number of anilines is 1. The van der Waals surface area contributed by atoms with E-state index in [1.807, 2.05) is 17.4 Å². The fourth-order valence-corrected chi connectivity index (χ4v) is 3.20. The lowest BCUT2D eigenvalue weighted by atomic mass is 10.0. The van der Waals surface area contributed by atoms with Crippen LogP contribution in [0.25, 0.3) is 33.3 Å². The summed E-state index contributed by atoms with van der Waals surface area (Å²) in [5, 5.41) is 6.38. The van der Waals surface area contributed by atoms with Gasteiger partial charge < -0.3 is 15.6 Å². The van der Waals surface area contributed by atoms with E-state index in [-0.39, 0.29) is 0 Å². The second-order valence-electron chi connectivity index (χ2n) is 7.56. The maximum atomic E-state index is 12.5. The molecule has 1 amide bonds. The first-order chi connectivity index (χ1) is 14.6. The summed E-state index contributed by atoms with van der Waals surface area (Å²) in [5.41, 5.74) is 0.679. The van der Waals surface area contributed by atoms with Crippen LogP contribution >= 0.6 is 0 Å². The highest BCUT2D eigenvalue weighted by molar-refractivity contribution is 5.97. The molecule has 0 saturated heterocycles. The average Bonchev–Trinajstić information content (AvgIpc) is 3.20. The van der Waals surface area contributed by atoms with E-state index in [0.717, 1.165) is 10.9 Å². The van der Waals surface area contributed by atoms with E-state index in [1.165, 1.54) is 13.8 Å². The van der Waals surface area contributed by atoms with E-state index < -0.39 is 24.2 Å². The third-order valence-electron chi connectivity index (χ3n) is 4.75. The molecule has 0 aliphatic carbocycles. The average molecular weight is 428 g/mol. The Morgan fingerprint density at radius 2 is 1.84 bits per heavy atom. The van der Waals surface area contributed by atoms with Crippen LogP contribution in [-0.2, 0) is 4.79 Å². The lowest BCUT2D eigenvalue weighted by molar-refractivity contribution is -0.140. The zero-order valence-corrected chi connectivity index (χ0v) is 16.7. The second kappa shape index (κ2) is 7.53. The monoisotopic (exact) mass is 428 g/mol. The second-order valence-corrected chi connectivity index (χ2v) is 7.56. The molecule has 0 fully saturated rings. The number of halogens is 3. The minimum Gasteiger partial charge on any atom is -0.356 e. The Morgan fingerprint density at radius 3 is 2.61 bits per heavy atom. The number of alkyl halides is 3. The van der Waals surface area contributed by atoms with Gasteiger partial charge in [-0.1, -0.05) is 12.1 Å². The first-order valence-corrected chi connectivity index (χ1v) is 9.46. The Morgan fingerprint density at radius 1 is 1.06 bits per heavy atom. The lowest BCUT2D eigenvalue weighted by Gasteiger charge is -2.27. The first kappa shape index (κ1) is 20.6. The van der Waals surface area contributed by atoms with Gasteiger partial charge >= 0.3 is 6.18 Å². The molecule has 0 aliphatic rings. The summed E-state index contributed by atoms with van der Waals surface area (Å²) in [6, 6.07) is 10.8. The number of fused-ring (bicyclic) bond motifs is 2. The van der Waals surface area contributed by atoms with Crippen LogP contribution in [0.15, 0.2) is 48.8 Å². The van der Waals surface area contributed by atoms with Crippen molar-refractivity contribution in [1.29, 1.82) is 0 Å². The van der Waals surface area contributed by atoms with Gasteiger partial charge in [0.2, 0.25) is 5.91 Å². The number of benzene rings is 1. The molecule has 0 unspecified atom stereocenters. The molecule has 3 aromatic heterocycles. The number of amides is 1. The van der Waals surface area contributed by atoms with Crippen molar-refractivity contribution >= 4 is 33.7 Å². The Labute approximate surface area is 175 Å². The number of rotatable bonds is 5. The van der Waals surface area contributed by atoms with Gasteiger partial charge in [-0.05, 0) is 38.1 Å². The van der Waals surface area contributed by atoms with E-state index in [0.29, 0.717) is 28.2 Å². The van der Waals surface area contributed by atoms with Crippen molar-refractivity contribution in [1.82, 2.24) is 25.3 Å². The largest absolute Gasteiger partial charge is 0.405 e. The number of nitrogens with one attached hydrogen (secondary N) is 3. The van der Waals surface area contributed by atoms with Crippen molar-refractivity contribution < 1.29 is 18.0 Å². The normalized spacial score (nSPS) is 12.3. The fraction of sp³-hybridized carbons (Fsp3) is 0.238. The van der Waals surface area contributed by atoms with Gasteiger partial charge in [0.05, 0.1) is 5.52 Å². The molecule has 10 heteroatoms. The van der Waals surface area contributed by atoms with Crippen molar-refractivity contribution in [3.63, 3.8) is 0 Å². The Kier molecular flexibility index (Phi) is 5.00. The first-order valence-electron chi connectivity index (χ1n) is 9.46. The fourth-order valence-electron chi connectivity index (χ4n) is 3.20. The molecule has 3 N–H and O–H groups in total. The van der Waals surface area contributed by atoms with Crippen LogP contribution in [-0.4, -0.2) is 44.1 Å². The third-order valence-corrected chi connectivity index (χ3v) is 4.75. The third kappa shape index (κ3) is 4.27. The topological polar surface area (TPSA) is 95.6 Å². The smallest absolute Gasteiger partial charge is 0.356 e. The van der Waals surface area contributed by atoms with E-state index in [9.17, 15) is 18.0 Å². The Balaban J connectivity index is 1.75. The standard InChI is InChI=1S/C21H19F3N6O/c1-20(2,19(31)27-11-21(22,23)24)30-18-14-5-3-4-6-15(14)28-17(29-18)13-8-10-26-16-12(13)7-9-25-16/h3-10H,11H2,1-2H3,(H,25,26)(H,27,31)(H,28,29,30). The molecule has 4 rings (SSSR count). The van der Waals surface area contributed by atoms with E-state index in [4.69, 9.17) is 0 Å². The molecule has 3 heterocycles. The highest BCUT2D eigenvalue weighted by Gasteiger charge is 2.33. The molecule has 0 atom stereocenters. The maximum absolute atomic E-state index is 12.5. The van der Waals surface area contributed by atoms with Crippen LogP contribution in [0.2, 0.25) is 0 Å². The van der Waals surface area contributed by atoms with Gasteiger partial charge in [-0.15, -0.1) is 0 Å². The molecule has 0 saturated carbocycles. The van der Waals surface area contributed by atoms with Gasteiger partial charge in [0.1, 0.15) is 23.5 Å². The molecule has 160 valence electrons. The van der Waals surface area contributed by atoms with Gasteiger partial charge in [0.15, 0.2) is 5.82 Å². The summed E-state index contributed by atoms with van der Waals surface area (Å²) in [7, 11) is 0. The highest BCUT2D eigenvalue weighted by Crippen LogP contribution is 2.30. The minimum atomic E-state index is -4.50. The molecular weight excluding hydrogens is 409 g/mol. The number of nitrogens with zero attached hydrogens (tertiary/aromatic N) is 3. The molecule has 0 aliphatic heterocycles. The molecule has 7 nitrogen and oxygen atoms in total. The molecule has 0 spiro atoms. The van der Waals surface area contributed by atoms with Gasteiger partial charge in [-0.2, -0.15) is 13.2 Å². The summed E-state index contributed by atoms with van der Waals surface area (Å²) >= 11 is 0. The molecule has 1 aromatic carbocycles. The number of hydrogen-bond donors (Lipinski definition) is 3. The summed E-state index contributed by atoms with van der Waals surface area (Å²) < 4.78 is 37.6. The number of aromatic amines is 1. The van der Waals surface area contributed by atoms with Crippen LogP contribution in [0.5, 0.6) is 0 Å². The number of aromatic nitrogens is 4. The SMILES string of the molecule is CC(C)(Nc1nc(-c2ccnc3[nH]ccc23)nc2ccccc12)C(=O)NCC(F)(F)F. The summed E-state index contributed by atoms with van der Waals surface area (Å²) in [5.74, 6) is -0.0565. The predicted octanol–water partition coefficient (Wildman–Crippen LogP) is 4.04. The molecule has 31 heavy (non-hydrogen) atoms. The molecule has 0 radical (unpaired) electrons. The van der Waals surface area contributed by atoms with Gasteiger partial charge in [-0.3, -0.25) is 4.79 Å². The zero-order chi connectivity index (χ0) is 22.2. The summed E-state index contributed by atoms with van der Waals surface area (Å²) in [6.45, 7) is 1.58.